The highest BCUT2D eigenvalue weighted by Gasteiger charge is 2.40. The van der Waals surface area contributed by atoms with Crippen LogP contribution < -0.4 is 10.2 Å². The minimum absolute atomic E-state index is 0.210. The number of rotatable bonds is 7. The van der Waals surface area contributed by atoms with Gasteiger partial charge in [-0.1, -0.05) is 37.5 Å². The number of carbonyl (C=O) groups excluding carboxylic acids is 1. The summed E-state index contributed by atoms with van der Waals surface area (Å²) in [6.45, 7) is 6.16. The van der Waals surface area contributed by atoms with Gasteiger partial charge in [0.2, 0.25) is 5.91 Å². The van der Waals surface area contributed by atoms with Gasteiger partial charge in [-0.05, 0) is 50.1 Å². The van der Waals surface area contributed by atoms with Crippen LogP contribution in [0.3, 0.4) is 0 Å². The van der Waals surface area contributed by atoms with E-state index in [4.69, 9.17) is 0 Å². The fourth-order valence-corrected chi connectivity index (χ4v) is 4.90. The first-order valence-corrected chi connectivity index (χ1v) is 11.2. The molecule has 5 nitrogen and oxygen atoms in total. The highest BCUT2D eigenvalue weighted by Crippen LogP contribution is 2.35. The van der Waals surface area contributed by atoms with Crippen LogP contribution in [0.25, 0.3) is 0 Å². The van der Waals surface area contributed by atoms with E-state index in [-0.39, 0.29) is 11.4 Å². The van der Waals surface area contributed by atoms with E-state index in [1.165, 1.54) is 12.1 Å². The summed E-state index contributed by atoms with van der Waals surface area (Å²) < 4.78 is 2.14. The predicted molar refractivity (Wildman–Crippen MR) is 118 cm³/mol. The molecule has 0 atom stereocenters. The highest BCUT2D eigenvalue weighted by atomic mass is 16.2. The van der Waals surface area contributed by atoms with Crippen molar-refractivity contribution in [2.75, 3.05) is 44.2 Å². The van der Waals surface area contributed by atoms with Crippen molar-refractivity contribution in [2.24, 2.45) is 0 Å². The van der Waals surface area contributed by atoms with Gasteiger partial charge in [0.25, 0.3) is 0 Å². The Morgan fingerprint density at radius 1 is 0.897 bits per heavy atom. The minimum Gasteiger partial charge on any atom is -0.369 e. The second-order valence-corrected chi connectivity index (χ2v) is 8.46. The average Bonchev–Trinajstić information content (AvgIpc) is 3.34. The molecule has 1 amide bonds. The maximum absolute atomic E-state index is 13.1. The van der Waals surface area contributed by atoms with Crippen molar-refractivity contribution in [1.82, 2.24) is 14.8 Å². The van der Waals surface area contributed by atoms with Crippen LogP contribution in [0.5, 0.6) is 0 Å². The maximum atomic E-state index is 13.1. The van der Waals surface area contributed by atoms with Gasteiger partial charge in [-0.2, -0.15) is 0 Å². The number of anilines is 1. The quantitative estimate of drug-likeness (QED) is 0.731. The van der Waals surface area contributed by atoms with E-state index in [1.807, 2.05) is 12.1 Å². The molecule has 29 heavy (non-hydrogen) atoms. The predicted octanol–water partition coefficient (Wildman–Crippen LogP) is 3.48. The first-order valence-electron chi connectivity index (χ1n) is 11.2. The average molecular weight is 395 g/mol. The molecule has 2 aliphatic rings. The van der Waals surface area contributed by atoms with E-state index in [1.54, 1.807) is 0 Å². The lowest BCUT2D eigenvalue weighted by Gasteiger charge is -2.38. The Morgan fingerprint density at radius 3 is 2.28 bits per heavy atom. The van der Waals surface area contributed by atoms with Crippen molar-refractivity contribution >= 4 is 11.6 Å². The minimum atomic E-state index is -0.372. The zero-order valence-corrected chi connectivity index (χ0v) is 17.4. The monoisotopic (exact) mass is 394 g/mol. The lowest BCUT2D eigenvalue weighted by atomic mass is 9.80. The Kier molecular flexibility index (Phi) is 6.55. The van der Waals surface area contributed by atoms with Gasteiger partial charge in [0.1, 0.15) is 5.54 Å². The zero-order chi connectivity index (χ0) is 19.9. The Bertz CT molecular complexity index is 744. The van der Waals surface area contributed by atoms with Gasteiger partial charge in [-0.25, -0.2) is 0 Å². The van der Waals surface area contributed by atoms with Gasteiger partial charge >= 0.3 is 0 Å². The van der Waals surface area contributed by atoms with Crippen LogP contribution in [-0.4, -0.2) is 54.6 Å². The molecule has 1 N–H and O–H groups in total. The molecule has 1 aliphatic carbocycles. The number of nitrogens with one attached hydrogen (secondary N) is 1. The molecule has 5 heteroatoms. The second-order valence-electron chi connectivity index (χ2n) is 8.46. The molecule has 2 heterocycles. The molecule has 0 radical (unpaired) electrons. The Hall–Kier alpha value is -2.27. The number of benzene rings is 1. The lowest BCUT2D eigenvalue weighted by Crippen LogP contribution is -2.50. The summed E-state index contributed by atoms with van der Waals surface area (Å²) in [5.41, 5.74) is 0.950. The van der Waals surface area contributed by atoms with Gasteiger partial charge < -0.3 is 14.8 Å². The Morgan fingerprint density at radius 2 is 1.59 bits per heavy atom. The molecule has 2 aromatic rings. The van der Waals surface area contributed by atoms with Crippen molar-refractivity contribution in [1.29, 1.82) is 0 Å². The third kappa shape index (κ3) is 4.67. The second kappa shape index (κ2) is 9.49. The van der Waals surface area contributed by atoms with Gasteiger partial charge in [0.15, 0.2) is 0 Å². The summed E-state index contributed by atoms with van der Waals surface area (Å²) >= 11 is 0. The van der Waals surface area contributed by atoms with Crippen LogP contribution in [0.15, 0.2) is 54.9 Å². The standard InChI is InChI=1S/C24H34N4O/c29-23(24(12-5-2-6-13-24)28-16-7-8-17-28)25-14-9-15-26-18-20-27(21-19-26)22-10-3-1-4-11-22/h1,3-4,7-8,10-11,16-17H,2,5-6,9,12-15,18-21H2,(H,25,29). The summed E-state index contributed by atoms with van der Waals surface area (Å²) in [4.78, 5) is 18.1. The van der Waals surface area contributed by atoms with E-state index < -0.39 is 0 Å². The number of hydrogen-bond donors (Lipinski definition) is 1. The van der Waals surface area contributed by atoms with Crippen LogP contribution in [0.4, 0.5) is 5.69 Å². The molecule has 1 saturated heterocycles. The first kappa shape index (κ1) is 20.0. The first-order chi connectivity index (χ1) is 14.3. The van der Waals surface area contributed by atoms with Crippen LogP contribution in [0.2, 0.25) is 0 Å². The Balaban J connectivity index is 1.21. The molecular formula is C24H34N4O. The molecule has 0 spiro atoms. The maximum Gasteiger partial charge on any atom is 0.246 e. The van der Waals surface area contributed by atoms with Crippen molar-refractivity contribution in [3.05, 3.63) is 54.9 Å². The number of nitrogens with zero attached hydrogens (tertiary/aromatic N) is 3. The summed E-state index contributed by atoms with van der Waals surface area (Å²) in [5.74, 6) is 0.210. The summed E-state index contributed by atoms with van der Waals surface area (Å²) in [5, 5.41) is 3.26. The molecule has 156 valence electrons. The number of para-hydroxylation sites is 1. The third-order valence-electron chi connectivity index (χ3n) is 6.63. The van der Waals surface area contributed by atoms with Crippen molar-refractivity contribution < 1.29 is 4.79 Å². The molecule has 1 aromatic heterocycles. The molecule has 0 unspecified atom stereocenters. The zero-order valence-electron chi connectivity index (χ0n) is 17.4. The van der Waals surface area contributed by atoms with E-state index in [9.17, 15) is 4.79 Å². The van der Waals surface area contributed by atoms with Gasteiger partial charge in [0.05, 0.1) is 0 Å². The number of hydrogen-bond acceptors (Lipinski definition) is 3. The van der Waals surface area contributed by atoms with E-state index in [0.29, 0.717) is 0 Å². The fourth-order valence-electron chi connectivity index (χ4n) is 4.90. The summed E-state index contributed by atoms with van der Waals surface area (Å²) in [7, 11) is 0. The van der Waals surface area contributed by atoms with Crippen molar-refractivity contribution in [2.45, 2.75) is 44.1 Å². The van der Waals surface area contributed by atoms with Crippen LogP contribution in [0, 0.1) is 0 Å². The van der Waals surface area contributed by atoms with Gasteiger partial charge in [0, 0.05) is 50.8 Å². The topological polar surface area (TPSA) is 40.5 Å². The van der Waals surface area contributed by atoms with Crippen LogP contribution >= 0.6 is 0 Å². The smallest absolute Gasteiger partial charge is 0.246 e. The third-order valence-corrected chi connectivity index (χ3v) is 6.63. The summed E-state index contributed by atoms with van der Waals surface area (Å²) in [6.07, 6.45) is 10.5. The fraction of sp³-hybridized carbons (Fsp3) is 0.542. The largest absolute Gasteiger partial charge is 0.369 e. The molecule has 1 saturated carbocycles. The Labute approximate surface area is 174 Å². The normalized spacial score (nSPS) is 19.8. The molecular weight excluding hydrogens is 360 g/mol. The number of carbonyl (C=O) groups is 1. The number of amides is 1. The molecule has 0 bridgehead atoms. The van der Waals surface area contributed by atoms with Gasteiger partial charge in [-0.15, -0.1) is 0 Å². The van der Waals surface area contributed by atoms with Crippen molar-refractivity contribution in [3.63, 3.8) is 0 Å². The van der Waals surface area contributed by atoms with Crippen LogP contribution in [0.1, 0.15) is 38.5 Å². The summed E-state index contributed by atoms with van der Waals surface area (Å²) in [6, 6.07) is 14.7. The highest BCUT2D eigenvalue weighted by molar-refractivity contribution is 5.84. The lowest BCUT2D eigenvalue weighted by molar-refractivity contribution is -0.131. The van der Waals surface area contributed by atoms with Gasteiger partial charge in [-0.3, -0.25) is 9.69 Å². The van der Waals surface area contributed by atoms with E-state index in [0.717, 1.165) is 71.4 Å². The number of piperazine rings is 1. The van der Waals surface area contributed by atoms with Crippen LogP contribution in [-0.2, 0) is 10.3 Å². The molecule has 1 aliphatic heterocycles. The molecule has 1 aromatic carbocycles. The van der Waals surface area contributed by atoms with E-state index >= 15 is 0 Å². The molecule has 2 fully saturated rings. The van der Waals surface area contributed by atoms with Crippen molar-refractivity contribution in [3.8, 4) is 0 Å². The van der Waals surface area contributed by atoms with E-state index in [2.05, 4.69) is 62.4 Å². The SMILES string of the molecule is O=C(NCCCN1CCN(c2ccccc2)CC1)C1(n2cccc2)CCCCC1. The molecule has 4 rings (SSSR count). The number of aromatic nitrogens is 1.